The molecule has 1 aromatic rings. The monoisotopic (exact) mass is 714 g/mol. The lowest BCUT2D eigenvalue weighted by Gasteiger charge is -2.69. The number of fused-ring (bicyclic) bond motifs is 8. The molecule has 2 N–H and O–H groups in total. The van der Waals surface area contributed by atoms with Crippen LogP contribution in [-0.4, -0.2) is 90.7 Å². The summed E-state index contributed by atoms with van der Waals surface area (Å²) in [4.78, 5) is 27.8. The normalized spacial score (nSPS) is 40.0. The minimum atomic E-state index is -2.32. The number of ether oxygens (including phenoxy) is 5. The molecule has 4 fully saturated rings. The van der Waals surface area contributed by atoms with Gasteiger partial charge in [0.2, 0.25) is 0 Å². The Morgan fingerprint density at radius 1 is 0.980 bits per heavy atom. The predicted octanol–water partition coefficient (Wildman–Crippen LogP) is 6.09. The lowest BCUT2D eigenvalue weighted by Crippen LogP contribution is -2.82. The summed E-state index contributed by atoms with van der Waals surface area (Å²) in [5.41, 5.74) is -3.53. The van der Waals surface area contributed by atoms with Crippen LogP contribution in [0.5, 0.6) is 0 Å². The Kier molecular flexibility index (Phi) is 9.61. The molecule has 9 unspecified atom stereocenters. The maximum atomic E-state index is 14.3. The van der Waals surface area contributed by atoms with Crippen molar-refractivity contribution >= 4 is 20.3 Å². The zero-order valence-electron chi connectivity index (χ0n) is 31.5. The molecule has 50 heavy (non-hydrogen) atoms. The molecule has 2 saturated heterocycles. The summed E-state index contributed by atoms with van der Waals surface area (Å²) in [6.07, 6.45) is -4.36. The Hall–Kier alpha value is -2.12. The maximum absolute atomic E-state index is 14.3. The summed E-state index contributed by atoms with van der Waals surface area (Å²) in [6, 6.07) is 11.4. The number of aliphatic hydroxyl groups is 2. The first-order chi connectivity index (χ1) is 23.4. The van der Waals surface area contributed by atoms with Crippen molar-refractivity contribution in [1.82, 2.24) is 0 Å². The van der Waals surface area contributed by atoms with E-state index in [-0.39, 0.29) is 19.4 Å². The smallest absolute Gasteiger partial charge is 0.338 e. The van der Waals surface area contributed by atoms with Gasteiger partial charge in [-0.05, 0) is 62.2 Å². The van der Waals surface area contributed by atoms with Gasteiger partial charge in [-0.2, -0.15) is 0 Å². The van der Waals surface area contributed by atoms with E-state index in [1.165, 1.54) is 0 Å². The van der Waals surface area contributed by atoms with Crippen LogP contribution in [0.25, 0.3) is 0 Å². The number of benzene rings is 1. The molecule has 2 bridgehead atoms. The van der Waals surface area contributed by atoms with Gasteiger partial charge < -0.3 is 38.3 Å². The molecular weight excluding hydrogens is 657 g/mol. The zero-order valence-corrected chi connectivity index (χ0v) is 32.5. The lowest BCUT2D eigenvalue weighted by molar-refractivity contribution is -0.361. The van der Waals surface area contributed by atoms with Crippen molar-refractivity contribution in [3.05, 3.63) is 47.0 Å². The summed E-state index contributed by atoms with van der Waals surface area (Å²) < 4.78 is 40.9. The summed E-state index contributed by atoms with van der Waals surface area (Å²) >= 11 is 0. The Morgan fingerprint density at radius 2 is 1.62 bits per heavy atom. The molecule has 0 aromatic heterocycles. The second-order valence-corrected chi connectivity index (χ2v) is 21.3. The molecule has 278 valence electrons. The number of rotatable bonds is 9. The van der Waals surface area contributed by atoms with E-state index in [1.807, 2.05) is 40.7 Å². The third-order valence-corrected chi connectivity index (χ3v) is 18.1. The Bertz CT molecular complexity index is 1500. The average molecular weight is 715 g/mol. The van der Waals surface area contributed by atoms with Crippen LogP contribution in [-0.2, 0) is 32.9 Å². The molecule has 2 aliphatic heterocycles. The SMILES string of the molecule is CCC(=O)OC12COC1CC(O[Si](CC)(CC)CC)[C@@]1(C)C3OC(C)(C)OC3C3=C(C)C(O)CC(O)(C(OC(=O)c4ccccc4)C21)C3(C)C. The number of hydrogen-bond acceptors (Lipinski definition) is 10. The van der Waals surface area contributed by atoms with Gasteiger partial charge in [0.1, 0.15) is 23.9 Å². The van der Waals surface area contributed by atoms with Gasteiger partial charge >= 0.3 is 11.9 Å². The summed E-state index contributed by atoms with van der Waals surface area (Å²) in [5.74, 6) is -2.97. The molecule has 2 heterocycles. The van der Waals surface area contributed by atoms with Gasteiger partial charge in [0.05, 0.1) is 36.4 Å². The van der Waals surface area contributed by atoms with Crippen LogP contribution in [0.2, 0.25) is 18.1 Å². The van der Waals surface area contributed by atoms with E-state index < -0.39 is 90.6 Å². The van der Waals surface area contributed by atoms with E-state index in [2.05, 4.69) is 27.7 Å². The molecule has 1 aromatic carbocycles. The number of carbonyl (C=O) groups is 2. The third-order valence-electron chi connectivity index (χ3n) is 13.5. The molecule has 2 saturated carbocycles. The van der Waals surface area contributed by atoms with Crippen molar-refractivity contribution in [2.75, 3.05) is 6.61 Å². The van der Waals surface area contributed by atoms with Crippen molar-refractivity contribution in [1.29, 1.82) is 0 Å². The van der Waals surface area contributed by atoms with Gasteiger partial charge in [-0.15, -0.1) is 0 Å². The molecule has 0 radical (unpaired) electrons. The number of aliphatic hydroxyl groups excluding tert-OH is 1. The third kappa shape index (κ3) is 5.39. The highest BCUT2D eigenvalue weighted by molar-refractivity contribution is 6.73. The Morgan fingerprint density at radius 3 is 2.18 bits per heavy atom. The van der Waals surface area contributed by atoms with Crippen LogP contribution in [0.4, 0.5) is 0 Å². The molecule has 10 atom stereocenters. The van der Waals surface area contributed by atoms with E-state index in [1.54, 1.807) is 31.2 Å². The van der Waals surface area contributed by atoms with Crippen LogP contribution in [0.1, 0.15) is 98.9 Å². The fraction of sp³-hybridized carbons (Fsp3) is 0.744. The van der Waals surface area contributed by atoms with Crippen LogP contribution in [0.3, 0.4) is 0 Å². The minimum Gasteiger partial charge on any atom is -0.455 e. The van der Waals surface area contributed by atoms with Gasteiger partial charge in [0, 0.05) is 30.1 Å². The number of hydrogen-bond donors (Lipinski definition) is 2. The maximum Gasteiger partial charge on any atom is 0.338 e. The Labute approximate surface area is 298 Å². The molecule has 3 aliphatic carbocycles. The van der Waals surface area contributed by atoms with Crippen LogP contribution >= 0.6 is 0 Å². The quantitative estimate of drug-likeness (QED) is 0.176. The predicted molar refractivity (Wildman–Crippen MR) is 189 cm³/mol. The van der Waals surface area contributed by atoms with Crippen molar-refractivity contribution < 1.29 is 47.9 Å². The van der Waals surface area contributed by atoms with Gasteiger partial charge in [0.15, 0.2) is 19.7 Å². The number of esters is 2. The van der Waals surface area contributed by atoms with Crippen molar-refractivity contribution in [3.63, 3.8) is 0 Å². The first kappa shape index (κ1) is 37.6. The van der Waals surface area contributed by atoms with Gasteiger partial charge in [-0.1, -0.05) is 66.7 Å². The summed E-state index contributed by atoms with van der Waals surface area (Å²) in [7, 11) is -2.32. The van der Waals surface area contributed by atoms with E-state index >= 15 is 0 Å². The van der Waals surface area contributed by atoms with E-state index in [0.717, 1.165) is 23.7 Å². The molecule has 11 heteroatoms. The largest absolute Gasteiger partial charge is 0.455 e. The van der Waals surface area contributed by atoms with Gasteiger partial charge in [0.25, 0.3) is 0 Å². The van der Waals surface area contributed by atoms with Gasteiger partial charge in [-0.3, -0.25) is 4.79 Å². The highest BCUT2D eigenvalue weighted by Gasteiger charge is 2.79. The molecule has 0 spiro atoms. The second kappa shape index (κ2) is 12.8. The molecular formula is C39H58O10Si. The number of carbonyl (C=O) groups excluding carboxylic acids is 2. The van der Waals surface area contributed by atoms with E-state index in [4.69, 9.17) is 28.1 Å². The zero-order chi connectivity index (χ0) is 36.7. The Balaban J connectivity index is 1.69. The van der Waals surface area contributed by atoms with Crippen LogP contribution in [0, 0.1) is 16.7 Å². The molecule has 0 amide bonds. The average Bonchev–Trinajstić information content (AvgIpc) is 3.40. The van der Waals surface area contributed by atoms with Crippen molar-refractivity contribution in [2.45, 2.75) is 160 Å². The molecule has 10 nitrogen and oxygen atoms in total. The fourth-order valence-corrected chi connectivity index (χ4v) is 13.2. The van der Waals surface area contributed by atoms with E-state index in [9.17, 15) is 19.8 Å². The van der Waals surface area contributed by atoms with Crippen LogP contribution in [0.15, 0.2) is 41.5 Å². The van der Waals surface area contributed by atoms with Gasteiger partial charge in [-0.25, -0.2) is 4.79 Å². The van der Waals surface area contributed by atoms with E-state index in [0.29, 0.717) is 17.6 Å². The molecule has 6 rings (SSSR count). The first-order valence-corrected chi connectivity index (χ1v) is 21.2. The van der Waals surface area contributed by atoms with Crippen molar-refractivity contribution in [3.8, 4) is 0 Å². The highest BCUT2D eigenvalue weighted by Crippen LogP contribution is 2.67. The molecule has 5 aliphatic rings. The fourth-order valence-electron chi connectivity index (χ4n) is 10.2. The standard InChI is InChI=1S/C39H58O10Si/c1-11-28(41)46-38-22-44-27(38)20-26(49-50(12-2,13-3)14-4)37(10)31(38)33(45-34(42)24-18-16-15-17-19-24)39(43)21-25(40)23(5)29(35(39,6)7)30-32(37)48-36(8,9)47-30/h15-19,25-27,30-33,40,43H,11-14,20-22H2,1-10H3/t25?,26?,27?,30?,31?,32?,33?,37-,38?,39?/m1/s1. The lowest BCUT2D eigenvalue weighted by atomic mass is 9.44. The second-order valence-electron chi connectivity index (χ2n) is 16.5. The summed E-state index contributed by atoms with van der Waals surface area (Å²) in [5, 5.41) is 25.3. The highest BCUT2D eigenvalue weighted by atomic mass is 28.4. The van der Waals surface area contributed by atoms with Crippen molar-refractivity contribution in [2.24, 2.45) is 16.7 Å². The minimum absolute atomic E-state index is 0.0517. The summed E-state index contributed by atoms with van der Waals surface area (Å²) in [6.45, 7) is 19.9. The first-order valence-electron chi connectivity index (χ1n) is 18.6. The van der Waals surface area contributed by atoms with Crippen LogP contribution < -0.4 is 0 Å². The topological polar surface area (TPSA) is 130 Å².